The summed E-state index contributed by atoms with van der Waals surface area (Å²) in [5, 5.41) is 12.3. The molecule has 0 unspecified atom stereocenters. The highest BCUT2D eigenvalue weighted by molar-refractivity contribution is 5.85. The summed E-state index contributed by atoms with van der Waals surface area (Å²) in [6, 6.07) is 13.6. The van der Waals surface area contributed by atoms with Gasteiger partial charge in [-0.15, -0.1) is 0 Å². The Balaban J connectivity index is 1.19. The Hall–Kier alpha value is -3.89. The third-order valence-corrected chi connectivity index (χ3v) is 8.69. The molecule has 2 aliphatic heterocycles. The van der Waals surface area contributed by atoms with Crippen LogP contribution in [0.1, 0.15) is 25.7 Å². The third kappa shape index (κ3) is 5.67. The van der Waals surface area contributed by atoms with Gasteiger partial charge in [0.2, 0.25) is 0 Å². The van der Waals surface area contributed by atoms with Crippen LogP contribution in [0.4, 0.5) is 22.9 Å². The first kappa shape index (κ1) is 27.3. The Morgan fingerprint density at radius 1 is 1.00 bits per heavy atom. The van der Waals surface area contributed by atoms with E-state index < -0.39 is 0 Å². The summed E-state index contributed by atoms with van der Waals surface area (Å²) in [4.78, 5) is 14.1. The van der Waals surface area contributed by atoms with E-state index in [2.05, 4.69) is 72.9 Å². The van der Waals surface area contributed by atoms with Crippen LogP contribution in [-0.2, 0) is 11.8 Å². The standard InChI is InChI=1S/C31H40N8O2/c1-32-26-16-27(36-31-17-25(33-20-34-31)21-5-6-28-22(15-21)19-35-38(28)3)30(40-4)18-29(26)37(2)23-7-11-39(12-8-23)24-9-13-41-14-10-24/h5-6,15-20,23-24,32H,7-14H2,1-4H3,(H,33,34,36). The number of benzene rings is 2. The number of nitrogens with one attached hydrogen (secondary N) is 2. The van der Waals surface area contributed by atoms with Crippen LogP contribution in [0.25, 0.3) is 22.2 Å². The first-order chi connectivity index (χ1) is 20.0. The molecule has 0 aliphatic carbocycles. The van der Waals surface area contributed by atoms with E-state index in [4.69, 9.17) is 9.47 Å². The van der Waals surface area contributed by atoms with Crippen LogP contribution in [-0.4, -0.2) is 84.2 Å². The number of anilines is 4. The molecule has 0 atom stereocenters. The van der Waals surface area contributed by atoms with Gasteiger partial charge < -0.3 is 29.9 Å². The number of aromatic nitrogens is 4. The van der Waals surface area contributed by atoms with Crippen LogP contribution < -0.4 is 20.3 Å². The summed E-state index contributed by atoms with van der Waals surface area (Å²) in [6.45, 7) is 4.06. The van der Waals surface area contributed by atoms with E-state index in [9.17, 15) is 0 Å². The molecule has 4 heterocycles. The van der Waals surface area contributed by atoms with Gasteiger partial charge in [-0.3, -0.25) is 4.68 Å². The summed E-state index contributed by atoms with van der Waals surface area (Å²) in [5.74, 6) is 1.46. The number of hydrogen-bond acceptors (Lipinski definition) is 9. The molecule has 41 heavy (non-hydrogen) atoms. The minimum absolute atomic E-state index is 0.475. The topological polar surface area (TPSA) is 92.6 Å². The number of likely N-dealkylation sites (tertiary alicyclic amines) is 1. The molecule has 2 aliphatic rings. The number of aryl methyl sites for hydroxylation is 1. The SMILES string of the molecule is CNc1cc(Nc2cc(-c3ccc4c(cnn4C)c3)ncn2)c(OC)cc1N(C)C1CCN(C2CCOCC2)CC1. The summed E-state index contributed by atoms with van der Waals surface area (Å²) in [7, 11) is 7.83. The Labute approximate surface area is 241 Å². The number of piperidine rings is 1. The van der Waals surface area contributed by atoms with Gasteiger partial charge in [0, 0.05) is 82.6 Å². The van der Waals surface area contributed by atoms with Crippen molar-refractivity contribution < 1.29 is 9.47 Å². The molecule has 2 saturated heterocycles. The number of methoxy groups -OCH3 is 1. The number of hydrogen-bond donors (Lipinski definition) is 2. The Kier molecular flexibility index (Phi) is 7.93. The van der Waals surface area contributed by atoms with Crippen molar-refractivity contribution in [1.82, 2.24) is 24.6 Å². The van der Waals surface area contributed by atoms with Crippen LogP contribution in [0.2, 0.25) is 0 Å². The minimum Gasteiger partial charge on any atom is -0.494 e. The van der Waals surface area contributed by atoms with E-state index in [1.54, 1.807) is 13.4 Å². The maximum Gasteiger partial charge on any atom is 0.144 e. The van der Waals surface area contributed by atoms with E-state index in [0.29, 0.717) is 17.9 Å². The third-order valence-electron chi connectivity index (χ3n) is 8.69. The normalized spacial score (nSPS) is 17.1. The lowest BCUT2D eigenvalue weighted by Crippen LogP contribution is -2.48. The van der Waals surface area contributed by atoms with E-state index in [1.807, 2.05) is 31.0 Å². The first-order valence-electron chi connectivity index (χ1n) is 14.5. The Morgan fingerprint density at radius 3 is 2.56 bits per heavy atom. The van der Waals surface area contributed by atoms with Crippen molar-refractivity contribution in [2.75, 3.05) is 63.0 Å². The molecule has 2 aromatic heterocycles. The van der Waals surface area contributed by atoms with Crippen LogP contribution in [0.15, 0.2) is 48.9 Å². The van der Waals surface area contributed by atoms with Crippen LogP contribution in [0.5, 0.6) is 5.75 Å². The monoisotopic (exact) mass is 556 g/mol. The number of fused-ring (bicyclic) bond motifs is 1. The quantitative estimate of drug-likeness (QED) is 0.314. The van der Waals surface area contributed by atoms with Gasteiger partial charge in [0.1, 0.15) is 17.9 Å². The second-order valence-corrected chi connectivity index (χ2v) is 11.0. The molecule has 0 amide bonds. The highest BCUT2D eigenvalue weighted by atomic mass is 16.5. The number of nitrogens with zero attached hydrogens (tertiary/aromatic N) is 6. The molecule has 4 aromatic rings. The molecule has 2 aromatic carbocycles. The molecular formula is C31H40N8O2. The van der Waals surface area contributed by atoms with Gasteiger partial charge in [-0.05, 0) is 43.9 Å². The molecule has 6 rings (SSSR count). The molecule has 0 radical (unpaired) electrons. The first-order valence-corrected chi connectivity index (χ1v) is 14.5. The second-order valence-electron chi connectivity index (χ2n) is 11.0. The van der Waals surface area contributed by atoms with Crippen molar-refractivity contribution in [2.24, 2.45) is 7.05 Å². The largest absolute Gasteiger partial charge is 0.494 e. The van der Waals surface area contributed by atoms with E-state index in [0.717, 1.165) is 97.0 Å². The predicted octanol–water partition coefficient (Wildman–Crippen LogP) is 4.90. The lowest BCUT2D eigenvalue weighted by atomic mass is 9.98. The molecule has 10 nitrogen and oxygen atoms in total. The lowest BCUT2D eigenvalue weighted by Gasteiger charge is -2.42. The van der Waals surface area contributed by atoms with Crippen molar-refractivity contribution in [2.45, 2.75) is 37.8 Å². The van der Waals surface area contributed by atoms with E-state index >= 15 is 0 Å². The fourth-order valence-corrected chi connectivity index (χ4v) is 6.26. The molecule has 2 fully saturated rings. The van der Waals surface area contributed by atoms with Gasteiger partial charge in [0.05, 0.1) is 41.6 Å². The lowest BCUT2D eigenvalue weighted by molar-refractivity contribution is 0.0253. The van der Waals surface area contributed by atoms with Gasteiger partial charge in [0.15, 0.2) is 0 Å². The number of rotatable bonds is 8. The summed E-state index contributed by atoms with van der Waals surface area (Å²) >= 11 is 0. The molecule has 216 valence electrons. The molecule has 10 heteroatoms. The van der Waals surface area contributed by atoms with Gasteiger partial charge in [-0.1, -0.05) is 6.07 Å². The minimum atomic E-state index is 0.475. The van der Waals surface area contributed by atoms with Crippen LogP contribution >= 0.6 is 0 Å². The highest BCUT2D eigenvalue weighted by Crippen LogP contribution is 2.39. The zero-order valence-corrected chi connectivity index (χ0v) is 24.4. The number of ether oxygens (including phenoxy) is 2. The predicted molar refractivity (Wildman–Crippen MR) is 164 cm³/mol. The van der Waals surface area contributed by atoms with Crippen molar-refractivity contribution in [3.05, 3.63) is 48.9 Å². The summed E-state index contributed by atoms with van der Waals surface area (Å²) < 4.78 is 13.3. The van der Waals surface area contributed by atoms with Crippen LogP contribution in [0, 0.1) is 0 Å². The fraction of sp³-hybridized carbons (Fsp3) is 0.452. The molecule has 0 saturated carbocycles. The van der Waals surface area contributed by atoms with Gasteiger partial charge in [-0.25, -0.2) is 9.97 Å². The smallest absolute Gasteiger partial charge is 0.144 e. The fourth-order valence-electron chi connectivity index (χ4n) is 6.26. The van der Waals surface area contributed by atoms with Crippen molar-refractivity contribution in [1.29, 1.82) is 0 Å². The zero-order chi connectivity index (χ0) is 28.3. The molecule has 2 N–H and O–H groups in total. The van der Waals surface area contributed by atoms with E-state index in [-0.39, 0.29) is 0 Å². The van der Waals surface area contributed by atoms with Crippen molar-refractivity contribution in [3.8, 4) is 17.0 Å². The van der Waals surface area contributed by atoms with E-state index in [1.165, 1.54) is 0 Å². The second kappa shape index (κ2) is 11.9. The zero-order valence-electron chi connectivity index (χ0n) is 24.4. The average molecular weight is 557 g/mol. The molecule has 0 bridgehead atoms. The molecule has 0 spiro atoms. The van der Waals surface area contributed by atoms with Gasteiger partial charge in [-0.2, -0.15) is 5.10 Å². The highest BCUT2D eigenvalue weighted by Gasteiger charge is 2.29. The summed E-state index contributed by atoms with van der Waals surface area (Å²) in [6.07, 6.45) is 8.07. The van der Waals surface area contributed by atoms with Crippen molar-refractivity contribution in [3.63, 3.8) is 0 Å². The molecular weight excluding hydrogens is 516 g/mol. The Bertz CT molecular complexity index is 1490. The van der Waals surface area contributed by atoms with Gasteiger partial charge >= 0.3 is 0 Å². The summed E-state index contributed by atoms with van der Waals surface area (Å²) in [5.41, 5.74) is 5.95. The Morgan fingerprint density at radius 2 is 1.80 bits per heavy atom. The maximum absolute atomic E-state index is 5.87. The van der Waals surface area contributed by atoms with Crippen molar-refractivity contribution >= 4 is 33.8 Å². The maximum atomic E-state index is 5.87. The van der Waals surface area contributed by atoms with Crippen LogP contribution in [0.3, 0.4) is 0 Å². The van der Waals surface area contributed by atoms with Gasteiger partial charge in [0.25, 0.3) is 0 Å². The average Bonchev–Trinajstić information content (AvgIpc) is 3.40.